The summed E-state index contributed by atoms with van der Waals surface area (Å²) in [6.45, 7) is -0.214. The lowest BCUT2D eigenvalue weighted by Crippen LogP contribution is -2.50. The molecule has 7 nitrogen and oxygen atoms in total. The van der Waals surface area contributed by atoms with Crippen LogP contribution in [0.5, 0.6) is 0 Å². The molecule has 0 saturated carbocycles. The lowest BCUT2D eigenvalue weighted by atomic mass is 9.96. The molecule has 0 bridgehead atoms. The summed E-state index contributed by atoms with van der Waals surface area (Å²) in [4.78, 5) is 42.0. The number of benzene rings is 2. The smallest absolute Gasteiger partial charge is 0.338 e. The maximum Gasteiger partial charge on any atom is 0.338 e. The van der Waals surface area contributed by atoms with Gasteiger partial charge in [0.25, 0.3) is 0 Å². The van der Waals surface area contributed by atoms with E-state index in [1.54, 1.807) is 18.8 Å². The molecule has 1 N–H and O–H groups in total. The number of para-hydroxylation sites is 1. The molecule has 154 valence electrons. The molecular weight excluding hydrogens is 402 g/mol. The second-order valence-corrected chi connectivity index (χ2v) is 7.85. The number of nitrogens with one attached hydrogen (secondary N) is 1. The van der Waals surface area contributed by atoms with Crippen LogP contribution in [0.1, 0.15) is 11.6 Å². The van der Waals surface area contributed by atoms with E-state index in [1.165, 1.54) is 9.80 Å². The minimum atomic E-state index is -0.600. The molecule has 3 amide bonds. The zero-order valence-corrected chi connectivity index (χ0v) is 17.4. The highest BCUT2D eigenvalue weighted by molar-refractivity contribution is 7.98. The number of likely N-dealkylation sites (N-methyl/N-ethyl adjacent to an activating group) is 1. The predicted octanol–water partition coefficient (Wildman–Crippen LogP) is 2.95. The van der Waals surface area contributed by atoms with Gasteiger partial charge in [-0.15, -0.1) is 11.8 Å². The van der Waals surface area contributed by atoms with Gasteiger partial charge in [0.15, 0.2) is 0 Å². The molecule has 0 aliphatic carbocycles. The van der Waals surface area contributed by atoms with Gasteiger partial charge in [0.2, 0.25) is 5.91 Å². The van der Waals surface area contributed by atoms with Gasteiger partial charge in [-0.1, -0.05) is 30.3 Å². The van der Waals surface area contributed by atoms with Crippen molar-refractivity contribution < 1.29 is 19.1 Å². The van der Waals surface area contributed by atoms with Crippen LogP contribution in [0, 0.1) is 0 Å². The molecule has 2 aromatic carbocycles. The highest BCUT2D eigenvalue weighted by atomic mass is 32.2. The van der Waals surface area contributed by atoms with E-state index in [1.807, 2.05) is 60.9 Å². The fourth-order valence-electron chi connectivity index (χ4n) is 3.56. The van der Waals surface area contributed by atoms with Crippen LogP contribution in [0.4, 0.5) is 10.5 Å². The van der Waals surface area contributed by atoms with Crippen molar-refractivity contribution in [2.75, 3.05) is 31.4 Å². The van der Waals surface area contributed by atoms with Crippen molar-refractivity contribution in [1.82, 2.24) is 10.2 Å². The number of hydrogen-bond donors (Lipinski definition) is 1. The quantitative estimate of drug-likeness (QED) is 0.591. The summed E-state index contributed by atoms with van der Waals surface area (Å²) in [6.07, 6.45) is 1.98. The summed E-state index contributed by atoms with van der Waals surface area (Å²) >= 11 is 1.61. The number of hydrogen-bond acceptors (Lipinski definition) is 5. The van der Waals surface area contributed by atoms with Crippen LogP contribution in [0.3, 0.4) is 0 Å². The van der Waals surface area contributed by atoms with Gasteiger partial charge >= 0.3 is 12.0 Å². The van der Waals surface area contributed by atoms with Crippen molar-refractivity contribution in [2.24, 2.45) is 0 Å². The maximum atomic E-state index is 12.9. The molecule has 0 saturated heterocycles. The molecule has 30 heavy (non-hydrogen) atoms. The minimum absolute atomic E-state index is 0.0245. The Balaban J connectivity index is 1.61. The second-order valence-electron chi connectivity index (χ2n) is 6.97. The van der Waals surface area contributed by atoms with E-state index in [4.69, 9.17) is 4.74 Å². The van der Waals surface area contributed by atoms with E-state index in [2.05, 4.69) is 5.32 Å². The number of cyclic esters (lactones) is 1. The maximum absolute atomic E-state index is 12.9. The average Bonchev–Trinajstić information content (AvgIpc) is 3.17. The first-order valence-corrected chi connectivity index (χ1v) is 10.7. The first-order chi connectivity index (χ1) is 14.5. The van der Waals surface area contributed by atoms with E-state index in [-0.39, 0.29) is 19.1 Å². The molecule has 4 rings (SSSR count). The Hall–Kier alpha value is -3.26. The first kappa shape index (κ1) is 20.0. The summed E-state index contributed by atoms with van der Waals surface area (Å²) < 4.78 is 5.23. The lowest BCUT2D eigenvalue weighted by Gasteiger charge is -2.33. The fourth-order valence-corrected chi connectivity index (χ4v) is 3.97. The van der Waals surface area contributed by atoms with Gasteiger partial charge in [-0.05, 0) is 36.1 Å². The molecule has 0 radical (unpaired) electrons. The summed E-state index contributed by atoms with van der Waals surface area (Å²) in [6, 6.07) is 15.8. The van der Waals surface area contributed by atoms with Crippen molar-refractivity contribution in [3.63, 3.8) is 0 Å². The number of nitrogens with zero attached hydrogens (tertiary/aromatic N) is 2. The van der Waals surface area contributed by atoms with Crippen LogP contribution in [-0.4, -0.2) is 49.3 Å². The van der Waals surface area contributed by atoms with Gasteiger partial charge < -0.3 is 15.0 Å². The van der Waals surface area contributed by atoms with E-state index < -0.39 is 18.0 Å². The van der Waals surface area contributed by atoms with E-state index in [0.717, 1.165) is 16.1 Å². The van der Waals surface area contributed by atoms with E-state index in [9.17, 15) is 14.4 Å². The van der Waals surface area contributed by atoms with Crippen molar-refractivity contribution in [3.8, 4) is 0 Å². The number of carbonyl (C=O) groups is 3. The Kier molecular flexibility index (Phi) is 5.50. The number of anilines is 1. The third kappa shape index (κ3) is 3.66. The topological polar surface area (TPSA) is 79.0 Å². The molecule has 0 unspecified atom stereocenters. The molecule has 2 heterocycles. The SMILES string of the molecule is CSc1ccc([C@H]2NC(=O)N(CC(=O)N(C)c3ccccc3)C3=C2C(=O)OC3)cc1. The van der Waals surface area contributed by atoms with Gasteiger partial charge in [0, 0.05) is 17.6 Å². The molecule has 1 atom stereocenters. The highest BCUT2D eigenvalue weighted by Crippen LogP contribution is 2.35. The van der Waals surface area contributed by atoms with Crippen molar-refractivity contribution >= 4 is 35.4 Å². The average molecular weight is 423 g/mol. The summed E-state index contributed by atoms with van der Waals surface area (Å²) in [5, 5.41) is 2.86. The molecule has 0 spiro atoms. The molecule has 2 aromatic rings. The minimum Gasteiger partial charge on any atom is -0.456 e. The Labute approximate surface area is 178 Å². The number of ether oxygens (including phenoxy) is 1. The number of esters is 1. The number of urea groups is 1. The van der Waals surface area contributed by atoms with Crippen LogP contribution >= 0.6 is 11.8 Å². The Morgan fingerprint density at radius 2 is 1.87 bits per heavy atom. The molecular formula is C22H21N3O4S. The third-order valence-corrected chi connectivity index (χ3v) is 6.00. The molecule has 2 aliphatic heterocycles. The van der Waals surface area contributed by atoms with E-state index >= 15 is 0 Å². The van der Waals surface area contributed by atoms with Gasteiger partial charge in [-0.3, -0.25) is 9.69 Å². The van der Waals surface area contributed by atoms with Crippen molar-refractivity contribution in [1.29, 1.82) is 0 Å². The number of thioether (sulfide) groups is 1. The summed E-state index contributed by atoms with van der Waals surface area (Å²) in [7, 11) is 1.65. The van der Waals surface area contributed by atoms with Gasteiger partial charge in [0.1, 0.15) is 13.2 Å². The molecule has 2 aliphatic rings. The lowest BCUT2D eigenvalue weighted by molar-refractivity contribution is -0.136. The zero-order chi connectivity index (χ0) is 21.3. The highest BCUT2D eigenvalue weighted by Gasteiger charge is 2.42. The van der Waals surface area contributed by atoms with Crippen LogP contribution in [-0.2, 0) is 14.3 Å². The van der Waals surface area contributed by atoms with Gasteiger partial charge in [-0.2, -0.15) is 0 Å². The Morgan fingerprint density at radius 3 is 2.53 bits per heavy atom. The molecule has 0 aromatic heterocycles. The Bertz CT molecular complexity index is 1020. The van der Waals surface area contributed by atoms with Crippen LogP contribution in [0.15, 0.2) is 70.8 Å². The van der Waals surface area contributed by atoms with Crippen molar-refractivity contribution in [2.45, 2.75) is 10.9 Å². The van der Waals surface area contributed by atoms with E-state index in [0.29, 0.717) is 11.3 Å². The second kappa shape index (κ2) is 8.23. The van der Waals surface area contributed by atoms with Gasteiger partial charge in [-0.25, -0.2) is 9.59 Å². The third-order valence-electron chi connectivity index (χ3n) is 5.26. The Morgan fingerprint density at radius 1 is 1.17 bits per heavy atom. The fraction of sp³-hybridized carbons (Fsp3) is 0.227. The van der Waals surface area contributed by atoms with Crippen molar-refractivity contribution in [3.05, 3.63) is 71.4 Å². The summed E-state index contributed by atoms with van der Waals surface area (Å²) in [5.41, 5.74) is 2.33. The van der Waals surface area contributed by atoms with Crippen LogP contribution in [0.2, 0.25) is 0 Å². The number of carbonyl (C=O) groups excluding carboxylic acids is 3. The van der Waals surface area contributed by atoms with Gasteiger partial charge in [0.05, 0.1) is 17.3 Å². The molecule has 8 heteroatoms. The number of rotatable bonds is 5. The normalized spacial score (nSPS) is 18.1. The standard InChI is InChI=1S/C22H21N3O4S/c1-24(15-6-4-3-5-7-15)18(26)12-25-17-13-29-21(27)19(17)20(23-22(25)28)14-8-10-16(30-2)11-9-14/h3-11,20H,12-13H2,1-2H3,(H,23,28)/t20-/m1/s1. The zero-order valence-electron chi connectivity index (χ0n) is 16.6. The summed E-state index contributed by atoms with van der Waals surface area (Å²) in [5.74, 6) is -0.747. The first-order valence-electron chi connectivity index (χ1n) is 9.43. The molecule has 0 fully saturated rings. The van der Waals surface area contributed by atoms with Crippen LogP contribution in [0.25, 0.3) is 0 Å². The van der Waals surface area contributed by atoms with Crippen LogP contribution < -0.4 is 10.2 Å². The monoisotopic (exact) mass is 423 g/mol. The predicted molar refractivity (Wildman–Crippen MR) is 114 cm³/mol. The number of amides is 3. The largest absolute Gasteiger partial charge is 0.456 e.